The van der Waals surface area contributed by atoms with Crippen LogP contribution in [-0.4, -0.2) is 55.0 Å². The maximum Gasteiger partial charge on any atom is 0.244 e. The van der Waals surface area contributed by atoms with Gasteiger partial charge in [0, 0.05) is 57.7 Å². The number of rotatable bonds is 8. The summed E-state index contributed by atoms with van der Waals surface area (Å²) < 4.78 is 0. The zero-order chi connectivity index (χ0) is 23.0. The number of benzene rings is 3. The van der Waals surface area contributed by atoms with Gasteiger partial charge in [0.2, 0.25) is 5.91 Å². The van der Waals surface area contributed by atoms with Crippen molar-refractivity contribution >= 4 is 17.3 Å². The summed E-state index contributed by atoms with van der Waals surface area (Å²) in [4.78, 5) is 19.5. The van der Waals surface area contributed by atoms with Gasteiger partial charge in [0.05, 0.1) is 0 Å². The van der Waals surface area contributed by atoms with Crippen molar-refractivity contribution in [3.8, 4) is 0 Å². The molecular weight excluding hydrogens is 408 g/mol. The van der Waals surface area contributed by atoms with Gasteiger partial charge in [-0.1, -0.05) is 60.7 Å². The molecule has 5 nitrogen and oxygen atoms in total. The number of nitrogens with zero attached hydrogens (tertiary/aromatic N) is 3. The SMILES string of the molecule is C[C@H](Nc1ccc(N2CCN(Cc3ccccc3)CC2)cc1)C(=O)N(C)Cc1ccccc1. The number of carbonyl (C=O) groups excluding carboxylic acids is 1. The molecule has 0 saturated carbocycles. The second-order valence-corrected chi connectivity index (χ2v) is 8.84. The average Bonchev–Trinajstić information content (AvgIpc) is 2.86. The van der Waals surface area contributed by atoms with Gasteiger partial charge in [-0.05, 0) is 42.3 Å². The lowest BCUT2D eigenvalue weighted by Gasteiger charge is -2.36. The van der Waals surface area contributed by atoms with E-state index in [-0.39, 0.29) is 11.9 Å². The molecule has 0 bridgehead atoms. The van der Waals surface area contributed by atoms with Crippen LogP contribution in [0, 0.1) is 0 Å². The fourth-order valence-corrected chi connectivity index (χ4v) is 4.35. The van der Waals surface area contributed by atoms with E-state index in [1.54, 1.807) is 4.90 Å². The average molecular weight is 443 g/mol. The van der Waals surface area contributed by atoms with E-state index in [0.717, 1.165) is 44.0 Å². The molecule has 1 aliphatic heterocycles. The third-order valence-corrected chi connectivity index (χ3v) is 6.25. The van der Waals surface area contributed by atoms with Crippen molar-refractivity contribution in [2.24, 2.45) is 0 Å². The standard InChI is InChI=1S/C28H34N4O/c1-23(28(33)30(2)21-24-9-5-3-6-10-24)29-26-13-15-27(16-14-26)32-19-17-31(18-20-32)22-25-11-7-4-8-12-25/h3-16,23,29H,17-22H2,1-2H3/t23-/m0/s1. The number of likely N-dealkylation sites (N-methyl/N-ethyl adjacent to an activating group) is 1. The summed E-state index contributed by atoms with van der Waals surface area (Å²) in [5.41, 5.74) is 4.71. The van der Waals surface area contributed by atoms with Crippen LogP contribution in [0.3, 0.4) is 0 Å². The quantitative estimate of drug-likeness (QED) is 0.559. The molecule has 172 valence electrons. The third kappa shape index (κ3) is 6.36. The number of nitrogens with one attached hydrogen (secondary N) is 1. The Kier molecular flexibility index (Phi) is 7.63. The Bertz CT molecular complexity index is 999. The molecule has 33 heavy (non-hydrogen) atoms. The van der Waals surface area contributed by atoms with Crippen LogP contribution in [0.2, 0.25) is 0 Å². The fourth-order valence-electron chi connectivity index (χ4n) is 4.35. The van der Waals surface area contributed by atoms with Crippen LogP contribution in [0.4, 0.5) is 11.4 Å². The summed E-state index contributed by atoms with van der Waals surface area (Å²) >= 11 is 0. The van der Waals surface area contributed by atoms with Gasteiger partial charge in [0.1, 0.15) is 6.04 Å². The molecule has 3 aromatic carbocycles. The summed E-state index contributed by atoms with van der Waals surface area (Å²) in [5, 5.41) is 3.35. The van der Waals surface area contributed by atoms with E-state index in [4.69, 9.17) is 0 Å². The predicted octanol–water partition coefficient (Wildman–Crippen LogP) is 4.47. The molecule has 1 aliphatic rings. The summed E-state index contributed by atoms with van der Waals surface area (Å²) in [6.45, 7) is 7.73. The highest BCUT2D eigenvalue weighted by Crippen LogP contribution is 2.21. The molecule has 1 N–H and O–H groups in total. The van der Waals surface area contributed by atoms with Crippen molar-refractivity contribution in [1.29, 1.82) is 0 Å². The predicted molar refractivity (Wildman–Crippen MR) is 136 cm³/mol. The Morgan fingerprint density at radius 3 is 2.03 bits per heavy atom. The Balaban J connectivity index is 1.25. The maximum atomic E-state index is 12.8. The summed E-state index contributed by atoms with van der Waals surface area (Å²) in [6, 6.07) is 28.9. The Labute approximate surface area is 197 Å². The second-order valence-electron chi connectivity index (χ2n) is 8.84. The lowest BCUT2D eigenvalue weighted by molar-refractivity contribution is -0.130. The van der Waals surface area contributed by atoms with E-state index < -0.39 is 0 Å². The highest BCUT2D eigenvalue weighted by Gasteiger charge is 2.19. The van der Waals surface area contributed by atoms with E-state index >= 15 is 0 Å². The fraction of sp³-hybridized carbons (Fsp3) is 0.321. The van der Waals surface area contributed by atoms with Gasteiger partial charge < -0.3 is 15.1 Å². The Morgan fingerprint density at radius 1 is 0.848 bits per heavy atom. The van der Waals surface area contributed by atoms with Gasteiger partial charge in [0.15, 0.2) is 0 Å². The maximum absolute atomic E-state index is 12.8. The van der Waals surface area contributed by atoms with Gasteiger partial charge in [0.25, 0.3) is 0 Å². The first kappa shape index (κ1) is 22.9. The van der Waals surface area contributed by atoms with Crippen LogP contribution in [-0.2, 0) is 17.9 Å². The van der Waals surface area contributed by atoms with E-state index in [1.165, 1.54) is 11.3 Å². The zero-order valence-corrected chi connectivity index (χ0v) is 19.7. The monoisotopic (exact) mass is 442 g/mol. The van der Waals surface area contributed by atoms with E-state index in [1.807, 2.05) is 44.3 Å². The van der Waals surface area contributed by atoms with Crippen molar-refractivity contribution < 1.29 is 4.79 Å². The van der Waals surface area contributed by atoms with Crippen molar-refractivity contribution in [3.63, 3.8) is 0 Å². The van der Waals surface area contributed by atoms with Crippen molar-refractivity contribution in [2.75, 3.05) is 43.4 Å². The molecule has 0 unspecified atom stereocenters. The van der Waals surface area contributed by atoms with Crippen LogP contribution in [0.5, 0.6) is 0 Å². The molecule has 1 saturated heterocycles. The minimum absolute atomic E-state index is 0.0810. The van der Waals surface area contributed by atoms with E-state index in [9.17, 15) is 4.79 Å². The van der Waals surface area contributed by atoms with Crippen LogP contribution in [0.15, 0.2) is 84.9 Å². The molecular formula is C28H34N4O. The molecule has 0 radical (unpaired) electrons. The molecule has 1 heterocycles. The number of anilines is 2. The van der Waals surface area contributed by atoms with Crippen LogP contribution in [0.25, 0.3) is 0 Å². The van der Waals surface area contributed by atoms with Gasteiger partial charge in [-0.25, -0.2) is 0 Å². The first-order valence-corrected chi connectivity index (χ1v) is 11.8. The molecule has 3 aromatic rings. The van der Waals surface area contributed by atoms with Crippen molar-refractivity contribution in [2.45, 2.75) is 26.1 Å². The molecule has 0 aromatic heterocycles. The number of amides is 1. The Hall–Kier alpha value is -3.31. The van der Waals surface area contributed by atoms with Crippen molar-refractivity contribution in [3.05, 3.63) is 96.1 Å². The lowest BCUT2D eigenvalue weighted by atomic mass is 10.1. The summed E-state index contributed by atoms with van der Waals surface area (Å²) in [6.07, 6.45) is 0. The molecule has 4 rings (SSSR count). The molecule has 0 aliphatic carbocycles. The van der Waals surface area contributed by atoms with Gasteiger partial charge in [-0.15, -0.1) is 0 Å². The highest BCUT2D eigenvalue weighted by atomic mass is 16.2. The van der Waals surface area contributed by atoms with E-state index in [0.29, 0.717) is 6.54 Å². The van der Waals surface area contributed by atoms with Crippen molar-refractivity contribution in [1.82, 2.24) is 9.80 Å². The first-order valence-electron chi connectivity index (χ1n) is 11.8. The topological polar surface area (TPSA) is 38.8 Å². The van der Waals surface area contributed by atoms with Crippen LogP contribution < -0.4 is 10.2 Å². The van der Waals surface area contributed by atoms with Gasteiger partial charge in [-0.2, -0.15) is 0 Å². The number of carbonyl (C=O) groups is 1. The number of hydrogen-bond acceptors (Lipinski definition) is 4. The molecule has 0 spiro atoms. The number of hydrogen-bond donors (Lipinski definition) is 1. The molecule has 1 fully saturated rings. The van der Waals surface area contributed by atoms with Gasteiger partial charge >= 0.3 is 0 Å². The minimum atomic E-state index is -0.286. The number of piperazine rings is 1. The highest BCUT2D eigenvalue weighted by molar-refractivity contribution is 5.84. The van der Waals surface area contributed by atoms with Crippen LogP contribution >= 0.6 is 0 Å². The third-order valence-electron chi connectivity index (χ3n) is 6.25. The summed E-state index contributed by atoms with van der Waals surface area (Å²) in [7, 11) is 1.86. The van der Waals surface area contributed by atoms with Gasteiger partial charge in [-0.3, -0.25) is 9.69 Å². The molecule has 5 heteroatoms. The normalized spacial score (nSPS) is 15.2. The lowest BCUT2D eigenvalue weighted by Crippen LogP contribution is -2.45. The summed E-state index contributed by atoms with van der Waals surface area (Å²) in [5.74, 6) is 0.0810. The first-order chi connectivity index (χ1) is 16.1. The largest absolute Gasteiger partial charge is 0.374 e. The second kappa shape index (κ2) is 11.0. The molecule has 1 atom stereocenters. The van der Waals surface area contributed by atoms with E-state index in [2.05, 4.69) is 69.7 Å². The Morgan fingerprint density at radius 2 is 1.42 bits per heavy atom. The molecule has 1 amide bonds. The smallest absolute Gasteiger partial charge is 0.244 e. The van der Waals surface area contributed by atoms with Crippen LogP contribution in [0.1, 0.15) is 18.1 Å². The zero-order valence-electron chi connectivity index (χ0n) is 19.7. The minimum Gasteiger partial charge on any atom is -0.374 e.